The number of rotatable bonds is 4. The average molecular weight is 393 g/mol. The van der Waals surface area contributed by atoms with Gasteiger partial charge in [0, 0.05) is 22.5 Å². The summed E-state index contributed by atoms with van der Waals surface area (Å²) in [6.07, 6.45) is -4.71. The van der Waals surface area contributed by atoms with E-state index >= 15 is 0 Å². The lowest BCUT2D eigenvalue weighted by molar-refractivity contribution is -0.156. The largest absolute Gasteiger partial charge is 0.508 e. The molecular formula is C17H22F3NO4S. The van der Waals surface area contributed by atoms with Crippen LogP contribution >= 0.6 is 11.8 Å². The first-order valence-corrected chi connectivity index (χ1v) is 8.87. The Kier molecular flexibility index (Phi) is 7.52. The molecule has 26 heavy (non-hydrogen) atoms. The molecule has 0 fully saturated rings. The molecule has 0 amide bonds. The highest BCUT2D eigenvalue weighted by atomic mass is 32.2. The van der Waals surface area contributed by atoms with Crippen molar-refractivity contribution in [3.05, 3.63) is 29.3 Å². The van der Waals surface area contributed by atoms with Crippen molar-refractivity contribution < 1.29 is 33.0 Å². The minimum Gasteiger partial charge on any atom is -0.508 e. The molecule has 146 valence electrons. The van der Waals surface area contributed by atoms with Crippen molar-refractivity contribution in [1.29, 1.82) is 0 Å². The Morgan fingerprint density at radius 1 is 1.42 bits per heavy atom. The molecule has 1 aliphatic rings. The number of fused-ring (bicyclic) bond motifs is 1. The van der Waals surface area contributed by atoms with E-state index in [-0.39, 0.29) is 28.9 Å². The molecule has 2 atom stereocenters. The van der Waals surface area contributed by atoms with Crippen molar-refractivity contribution in [2.75, 3.05) is 5.75 Å². The zero-order chi connectivity index (χ0) is 20.1. The Bertz CT molecular complexity index is 649. The topological polar surface area (TPSA) is 101 Å². The van der Waals surface area contributed by atoms with Crippen molar-refractivity contribution in [3.63, 3.8) is 0 Å². The van der Waals surface area contributed by atoms with Crippen molar-refractivity contribution >= 4 is 24.0 Å². The highest BCUT2D eigenvalue weighted by Crippen LogP contribution is 2.41. The number of carboxylic acid groups (broad SMARTS) is 1. The number of halogens is 3. The monoisotopic (exact) mass is 393 g/mol. The van der Waals surface area contributed by atoms with Gasteiger partial charge < -0.3 is 15.9 Å². The summed E-state index contributed by atoms with van der Waals surface area (Å²) in [5.74, 6) is 0.0736. The molecule has 0 aliphatic heterocycles. The molecule has 4 N–H and O–H groups in total. The van der Waals surface area contributed by atoms with E-state index in [1.807, 2.05) is 6.07 Å². The third-order valence-electron chi connectivity index (χ3n) is 4.22. The number of thioether (sulfide) groups is 1. The highest BCUT2D eigenvalue weighted by Gasteiger charge is 2.40. The molecule has 1 aromatic rings. The zero-order valence-corrected chi connectivity index (χ0v) is 15.2. The number of nitrogens with two attached hydrogens (primary N) is 1. The van der Waals surface area contributed by atoms with Gasteiger partial charge >= 0.3 is 12.1 Å². The standard InChI is InChI=1S/C15H21NO3S.C2HF3O/c1-15(2)11-8-10(17)4-3-9(11)7-12(14(15)16)20-6-5-13(18)19;3-2(4,5)1-6/h3-4,8,12,14,17H,5-7,16H2,1-2H3,(H,18,19);1H. The van der Waals surface area contributed by atoms with Gasteiger partial charge in [-0.3, -0.25) is 9.59 Å². The highest BCUT2D eigenvalue weighted by molar-refractivity contribution is 8.00. The smallest absolute Gasteiger partial charge is 0.446 e. The maximum Gasteiger partial charge on any atom is 0.446 e. The van der Waals surface area contributed by atoms with Crippen LogP contribution in [0, 0.1) is 0 Å². The first kappa shape index (κ1) is 22.3. The molecule has 9 heteroatoms. The van der Waals surface area contributed by atoms with Gasteiger partial charge in [0.2, 0.25) is 6.29 Å². The average Bonchev–Trinajstić information content (AvgIpc) is 2.53. The number of carboxylic acids is 1. The fourth-order valence-corrected chi connectivity index (χ4v) is 4.23. The summed E-state index contributed by atoms with van der Waals surface area (Å²) in [6, 6.07) is 5.39. The van der Waals surface area contributed by atoms with Gasteiger partial charge in [-0.2, -0.15) is 24.9 Å². The second kappa shape index (κ2) is 8.77. The SMILES string of the molecule is CC1(C)c2cc(O)ccc2CC(SCCC(=O)O)C1N.O=CC(F)(F)F. The van der Waals surface area contributed by atoms with Gasteiger partial charge in [-0.25, -0.2) is 0 Å². The van der Waals surface area contributed by atoms with Crippen LogP contribution in [0.5, 0.6) is 5.75 Å². The van der Waals surface area contributed by atoms with Crippen LogP contribution < -0.4 is 5.73 Å². The summed E-state index contributed by atoms with van der Waals surface area (Å²) in [5.41, 5.74) is 8.45. The first-order valence-electron chi connectivity index (χ1n) is 7.83. The van der Waals surface area contributed by atoms with Gasteiger partial charge in [0.15, 0.2) is 0 Å². The van der Waals surface area contributed by atoms with Crippen LogP contribution in [0.3, 0.4) is 0 Å². The lowest BCUT2D eigenvalue weighted by atomic mass is 9.69. The molecule has 2 unspecified atom stereocenters. The summed E-state index contributed by atoms with van der Waals surface area (Å²) in [7, 11) is 0. The molecule has 2 rings (SSSR count). The van der Waals surface area contributed by atoms with Crippen LogP contribution in [0.15, 0.2) is 18.2 Å². The number of hydrogen-bond acceptors (Lipinski definition) is 5. The predicted molar refractivity (Wildman–Crippen MR) is 93.4 cm³/mol. The molecule has 0 saturated carbocycles. The minimum atomic E-state index is -4.64. The van der Waals surface area contributed by atoms with E-state index in [0.29, 0.717) is 5.75 Å². The summed E-state index contributed by atoms with van der Waals surface area (Å²) >= 11 is 1.64. The molecule has 0 saturated heterocycles. The number of phenolic OH excluding ortho intramolecular Hbond substituents is 1. The quantitative estimate of drug-likeness (QED) is 0.680. The molecule has 1 aliphatic carbocycles. The fraction of sp³-hybridized carbons (Fsp3) is 0.529. The number of phenols is 1. The predicted octanol–water partition coefficient (Wildman–Crippen LogP) is 2.88. The number of aldehydes is 1. The Morgan fingerprint density at radius 2 is 2.00 bits per heavy atom. The van der Waals surface area contributed by atoms with Crippen LogP contribution in [-0.2, 0) is 21.4 Å². The van der Waals surface area contributed by atoms with Gasteiger partial charge in [0.1, 0.15) is 5.75 Å². The maximum absolute atomic E-state index is 10.6. The maximum atomic E-state index is 10.6. The van der Waals surface area contributed by atoms with Crippen molar-refractivity contribution in [3.8, 4) is 5.75 Å². The minimum absolute atomic E-state index is 0.0596. The fourth-order valence-electron chi connectivity index (χ4n) is 2.79. The summed E-state index contributed by atoms with van der Waals surface area (Å²) in [5, 5.41) is 18.6. The van der Waals surface area contributed by atoms with E-state index in [1.54, 1.807) is 23.9 Å². The van der Waals surface area contributed by atoms with Gasteiger partial charge in [0.05, 0.1) is 6.42 Å². The first-order chi connectivity index (χ1) is 11.9. The van der Waals surface area contributed by atoms with E-state index in [4.69, 9.17) is 15.6 Å². The van der Waals surface area contributed by atoms with Crippen LogP contribution in [0.25, 0.3) is 0 Å². The van der Waals surface area contributed by atoms with Crippen LogP contribution in [0.4, 0.5) is 13.2 Å². The zero-order valence-electron chi connectivity index (χ0n) is 14.4. The van der Waals surface area contributed by atoms with Gasteiger partial charge in [0.25, 0.3) is 0 Å². The summed E-state index contributed by atoms with van der Waals surface area (Å²) in [6.45, 7) is 4.17. The third kappa shape index (κ3) is 6.21. The molecule has 0 radical (unpaired) electrons. The number of carbonyl (C=O) groups is 2. The van der Waals surface area contributed by atoms with E-state index < -0.39 is 18.4 Å². The lowest BCUT2D eigenvalue weighted by Crippen LogP contribution is -2.52. The van der Waals surface area contributed by atoms with E-state index in [9.17, 15) is 23.1 Å². The van der Waals surface area contributed by atoms with E-state index in [0.717, 1.165) is 12.0 Å². The van der Waals surface area contributed by atoms with Crippen molar-refractivity contribution in [2.45, 2.75) is 49.6 Å². The van der Waals surface area contributed by atoms with Gasteiger partial charge in [-0.05, 0) is 29.7 Å². The van der Waals surface area contributed by atoms with Crippen molar-refractivity contribution in [2.24, 2.45) is 5.73 Å². The molecule has 0 heterocycles. The van der Waals surface area contributed by atoms with E-state index in [2.05, 4.69) is 13.8 Å². The number of alkyl halides is 3. The summed E-state index contributed by atoms with van der Waals surface area (Å²) < 4.78 is 31.2. The molecule has 0 spiro atoms. The molecule has 0 bridgehead atoms. The molecule has 5 nitrogen and oxygen atoms in total. The second-order valence-electron chi connectivity index (χ2n) is 6.51. The van der Waals surface area contributed by atoms with Gasteiger partial charge in [-0.15, -0.1) is 0 Å². The number of carbonyl (C=O) groups excluding carboxylic acids is 1. The van der Waals surface area contributed by atoms with Crippen LogP contribution in [0.2, 0.25) is 0 Å². The van der Waals surface area contributed by atoms with Gasteiger partial charge in [-0.1, -0.05) is 19.9 Å². The lowest BCUT2D eigenvalue weighted by Gasteiger charge is -2.43. The number of benzene rings is 1. The normalized spacial score (nSPS) is 21.2. The second-order valence-corrected chi connectivity index (χ2v) is 7.85. The molecule has 0 aromatic heterocycles. The molecular weight excluding hydrogens is 371 g/mol. The number of aliphatic carboxylic acids is 1. The Balaban J connectivity index is 0.000000487. The molecule has 1 aromatic carbocycles. The summed E-state index contributed by atoms with van der Waals surface area (Å²) in [4.78, 5) is 19.3. The third-order valence-corrected chi connectivity index (χ3v) is 5.55. The van der Waals surface area contributed by atoms with E-state index in [1.165, 1.54) is 5.56 Å². The van der Waals surface area contributed by atoms with Crippen LogP contribution in [0.1, 0.15) is 31.4 Å². The number of hydrogen-bond donors (Lipinski definition) is 3. The van der Waals surface area contributed by atoms with Crippen LogP contribution in [-0.4, -0.2) is 45.7 Å². The Morgan fingerprint density at radius 3 is 2.50 bits per heavy atom. The van der Waals surface area contributed by atoms with Crippen molar-refractivity contribution in [1.82, 2.24) is 0 Å². The number of aromatic hydroxyl groups is 1. The Hall–Kier alpha value is -1.74. The Labute approximate surface area is 153 Å².